The van der Waals surface area contributed by atoms with Gasteiger partial charge in [0.05, 0.1) is 18.6 Å². The van der Waals surface area contributed by atoms with Crippen LogP contribution in [0.3, 0.4) is 0 Å². The maximum Gasteiger partial charge on any atom is 0.225 e. The van der Waals surface area contributed by atoms with E-state index in [2.05, 4.69) is 0 Å². The first kappa shape index (κ1) is 16.7. The highest BCUT2D eigenvalue weighted by atomic mass is 35.5. The maximum absolute atomic E-state index is 12.3. The van der Waals surface area contributed by atoms with Gasteiger partial charge in [-0.15, -0.1) is 0 Å². The molecule has 2 aliphatic rings. The molecule has 1 amide bonds. The van der Waals surface area contributed by atoms with Gasteiger partial charge in [-0.3, -0.25) is 4.79 Å². The Balaban J connectivity index is 1.49. The third-order valence-electron chi connectivity index (χ3n) is 4.98. The number of carbonyl (C=O) groups is 1. The monoisotopic (exact) mass is 337 g/mol. The molecule has 2 fully saturated rings. The van der Waals surface area contributed by atoms with Gasteiger partial charge in [-0.2, -0.15) is 0 Å². The molecular weight excluding hydrogens is 314 g/mol. The lowest BCUT2D eigenvalue weighted by Crippen LogP contribution is -2.40. The third-order valence-corrected chi connectivity index (χ3v) is 5.23. The molecule has 1 aromatic rings. The van der Waals surface area contributed by atoms with E-state index in [0.717, 1.165) is 50.9 Å². The first-order valence-corrected chi connectivity index (χ1v) is 8.84. The van der Waals surface area contributed by atoms with Crippen LogP contribution in [-0.4, -0.2) is 41.7 Å². The molecule has 1 aromatic carbocycles. The van der Waals surface area contributed by atoms with Crippen molar-refractivity contribution in [3.63, 3.8) is 0 Å². The molecule has 3 rings (SSSR count). The molecule has 4 nitrogen and oxygen atoms in total. The van der Waals surface area contributed by atoms with Crippen LogP contribution in [0.5, 0.6) is 0 Å². The molecule has 126 valence electrons. The molecule has 0 saturated carbocycles. The summed E-state index contributed by atoms with van der Waals surface area (Å²) in [5.41, 5.74) is 0.901. The van der Waals surface area contributed by atoms with Crippen molar-refractivity contribution in [2.45, 2.75) is 44.3 Å². The highest BCUT2D eigenvalue weighted by Crippen LogP contribution is 2.31. The Kier molecular flexibility index (Phi) is 5.57. The van der Waals surface area contributed by atoms with Crippen LogP contribution in [0.4, 0.5) is 0 Å². The number of halogens is 1. The van der Waals surface area contributed by atoms with E-state index >= 15 is 0 Å². The Morgan fingerprint density at radius 2 is 1.96 bits per heavy atom. The lowest BCUT2D eigenvalue weighted by Gasteiger charge is -2.34. The zero-order chi connectivity index (χ0) is 16.2. The lowest BCUT2D eigenvalue weighted by molar-refractivity contribution is -0.135. The number of hydrogen-bond acceptors (Lipinski definition) is 3. The number of amides is 1. The zero-order valence-corrected chi connectivity index (χ0v) is 14.0. The van der Waals surface area contributed by atoms with Crippen LogP contribution >= 0.6 is 11.6 Å². The van der Waals surface area contributed by atoms with Crippen molar-refractivity contribution in [1.82, 2.24) is 4.90 Å². The molecule has 2 heterocycles. The minimum Gasteiger partial charge on any atom is -0.388 e. The van der Waals surface area contributed by atoms with Crippen molar-refractivity contribution >= 4 is 17.5 Å². The van der Waals surface area contributed by atoms with E-state index in [1.807, 2.05) is 17.0 Å². The fourth-order valence-corrected chi connectivity index (χ4v) is 3.65. The van der Waals surface area contributed by atoms with Gasteiger partial charge < -0.3 is 14.7 Å². The zero-order valence-electron chi connectivity index (χ0n) is 13.3. The van der Waals surface area contributed by atoms with Crippen LogP contribution in [0, 0.1) is 5.92 Å². The van der Waals surface area contributed by atoms with E-state index in [4.69, 9.17) is 16.3 Å². The van der Waals surface area contributed by atoms with Crippen LogP contribution in [-0.2, 0) is 9.53 Å². The molecule has 0 aromatic heterocycles. The normalized spacial score (nSPS) is 23.9. The molecule has 0 unspecified atom stereocenters. The molecule has 0 bridgehead atoms. The number of ether oxygens (including phenoxy) is 1. The van der Waals surface area contributed by atoms with Crippen molar-refractivity contribution in [3.8, 4) is 0 Å². The molecule has 0 aliphatic carbocycles. The number of piperidine rings is 1. The fraction of sp³-hybridized carbons (Fsp3) is 0.611. The van der Waals surface area contributed by atoms with Gasteiger partial charge in [-0.1, -0.05) is 23.7 Å². The minimum absolute atomic E-state index is 0.111. The minimum atomic E-state index is -0.484. The second-order valence-corrected chi connectivity index (χ2v) is 6.99. The second kappa shape index (κ2) is 7.65. The van der Waals surface area contributed by atoms with E-state index in [0.29, 0.717) is 11.4 Å². The predicted molar refractivity (Wildman–Crippen MR) is 89.3 cm³/mol. The van der Waals surface area contributed by atoms with Gasteiger partial charge in [0, 0.05) is 24.7 Å². The molecular formula is C18H24ClNO3. The maximum atomic E-state index is 12.3. The van der Waals surface area contributed by atoms with Gasteiger partial charge >= 0.3 is 0 Å². The second-order valence-electron chi connectivity index (χ2n) is 6.55. The van der Waals surface area contributed by atoms with Gasteiger partial charge in [-0.05, 0) is 49.3 Å². The number of hydrogen-bond donors (Lipinski definition) is 1. The summed E-state index contributed by atoms with van der Waals surface area (Å²) in [4.78, 5) is 14.2. The average molecular weight is 338 g/mol. The number of aliphatic hydroxyl groups excluding tert-OH is 1. The molecule has 2 aliphatic heterocycles. The van der Waals surface area contributed by atoms with E-state index in [1.54, 1.807) is 12.1 Å². The standard InChI is InChI=1S/C18H24ClNO3/c19-15-5-3-13(4-6-15)18(22)14-7-9-20(10-8-14)17(21)12-16-2-1-11-23-16/h3-6,14,16,18,22H,1-2,7-12H2/t16-,18-/m1/s1. The topological polar surface area (TPSA) is 49.8 Å². The summed E-state index contributed by atoms with van der Waals surface area (Å²) < 4.78 is 5.54. The van der Waals surface area contributed by atoms with Gasteiger partial charge in [0.25, 0.3) is 0 Å². The highest BCUT2D eigenvalue weighted by molar-refractivity contribution is 6.30. The Morgan fingerprint density at radius 3 is 2.57 bits per heavy atom. The van der Waals surface area contributed by atoms with Crippen molar-refractivity contribution in [3.05, 3.63) is 34.9 Å². The molecule has 23 heavy (non-hydrogen) atoms. The summed E-state index contributed by atoms with van der Waals surface area (Å²) >= 11 is 5.89. The Morgan fingerprint density at radius 1 is 1.26 bits per heavy atom. The quantitative estimate of drug-likeness (QED) is 0.918. The first-order valence-electron chi connectivity index (χ1n) is 8.46. The van der Waals surface area contributed by atoms with E-state index < -0.39 is 6.10 Å². The summed E-state index contributed by atoms with van der Waals surface area (Å²) in [6.45, 7) is 2.23. The van der Waals surface area contributed by atoms with Crippen molar-refractivity contribution < 1.29 is 14.6 Å². The molecule has 0 radical (unpaired) electrons. The number of aliphatic hydroxyl groups is 1. The smallest absolute Gasteiger partial charge is 0.225 e. The van der Waals surface area contributed by atoms with Crippen LogP contribution < -0.4 is 0 Å². The van der Waals surface area contributed by atoms with Crippen LogP contribution in [0.25, 0.3) is 0 Å². The van der Waals surface area contributed by atoms with Gasteiger partial charge in [0.15, 0.2) is 0 Å². The summed E-state index contributed by atoms with van der Waals surface area (Å²) in [6, 6.07) is 7.37. The SMILES string of the molecule is O=C(C[C@H]1CCCO1)N1CCC([C@H](O)c2ccc(Cl)cc2)CC1. The van der Waals surface area contributed by atoms with Crippen molar-refractivity contribution in [2.75, 3.05) is 19.7 Å². The summed E-state index contributed by atoms with van der Waals surface area (Å²) in [7, 11) is 0. The van der Waals surface area contributed by atoms with Crippen LogP contribution in [0.2, 0.25) is 5.02 Å². The van der Waals surface area contributed by atoms with Gasteiger partial charge in [-0.25, -0.2) is 0 Å². The number of benzene rings is 1. The Bertz CT molecular complexity index is 520. The average Bonchev–Trinajstić information content (AvgIpc) is 3.08. The van der Waals surface area contributed by atoms with E-state index in [1.165, 1.54) is 0 Å². The largest absolute Gasteiger partial charge is 0.388 e. The van der Waals surface area contributed by atoms with Crippen LogP contribution in [0.15, 0.2) is 24.3 Å². The highest BCUT2D eigenvalue weighted by Gasteiger charge is 2.29. The van der Waals surface area contributed by atoms with Crippen molar-refractivity contribution in [2.24, 2.45) is 5.92 Å². The number of likely N-dealkylation sites (tertiary alicyclic amines) is 1. The molecule has 1 N–H and O–H groups in total. The van der Waals surface area contributed by atoms with E-state index in [-0.39, 0.29) is 17.9 Å². The Labute approximate surface area is 142 Å². The molecule has 2 saturated heterocycles. The number of carbonyl (C=O) groups excluding carboxylic acids is 1. The van der Waals surface area contributed by atoms with E-state index in [9.17, 15) is 9.90 Å². The third kappa shape index (κ3) is 4.25. The molecule has 2 atom stereocenters. The van der Waals surface area contributed by atoms with Crippen molar-refractivity contribution in [1.29, 1.82) is 0 Å². The summed E-state index contributed by atoms with van der Waals surface area (Å²) in [5, 5.41) is 11.2. The first-order chi connectivity index (χ1) is 11.1. The lowest BCUT2D eigenvalue weighted by atomic mass is 9.87. The molecule has 5 heteroatoms. The van der Waals surface area contributed by atoms with Gasteiger partial charge in [0.1, 0.15) is 0 Å². The summed E-state index contributed by atoms with van der Waals surface area (Å²) in [6.07, 6.45) is 3.86. The predicted octanol–water partition coefficient (Wildman–Crippen LogP) is 3.18. The fourth-order valence-electron chi connectivity index (χ4n) is 3.53. The number of nitrogens with zero attached hydrogens (tertiary/aromatic N) is 1. The molecule has 0 spiro atoms. The van der Waals surface area contributed by atoms with Crippen LogP contribution in [0.1, 0.15) is 43.8 Å². The Hall–Kier alpha value is -1.10. The van der Waals surface area contributed by atoms with Gasteiger partial charge in [0.2, 0.25) is 5.91 Å². The number of rotatable bonds is 4. The summed E-state index contributed by atoms with van der Waals surface area (Å²) in [5.74, 6) is 0.388.